The maximum Gasteiger partial charge on any atom is 0.276 e. The molecule has 0 radical (unpaired) electrons. The Bertz CT molecular complexity index is 538. The minimum absolute atomic E-state index is 0.0103. The van der Waals surface area contributed by atoms with E-state index in [0.717, 1.165) is 19.3 Å². The molecule has 1 saturated heterocycles. The number of nitrogens with zero attached hydrogens (tertiary/aromatic N) is 1. The van der Waals surface area contributed by atoms with E-state index in [1.165, 1.54) is 6.07 Å². The average molecular weight is 320 g/mol. The molecular formula is C14H22ClNO3S. The molecule has 2 heterocycles. The van der Waals surface area contributed by atoms with Crippen LogP contribution in [-0.2, 0) is 15.9 Å². The number of sulfonamides is 1. The van der Waals surface area contributed by atoms with Crippen LogP contribution >= 0.6 is 11.6 Å². The van der Waals surface area contributed by atoms with Crippen molar-refractivity contribution in [2.24, 2.45) is 11.8 Å². The standard InChI is InChI=1S/C14H22ClNO3S/c1-11(2)12-4-3-8-16(9-7-12)20(17,18)14-6-5-13(10-15)19-14/h5-6,11-12H,3-4,7-10H2,1-2H3. The van der Waals surface area contributed by atoms with Gasteiger partial charge in [0.15, 0.2) is 0 Å². The van der Waals surface area contributed by atoms with E-state index in [2.05, 4.69) is 13.8 Å². The molecule has 2 rings (SSSR count). The highest BCUT2D eigenvalue weighted by atomic mass is 35.5. The molecule has 1 aliphatic rings. The smallest absolute Gasteiger partial charge is 0.276 e. The van der Waals surface area contributed by atoms with E-state index in [4.69, 9.17) is 16.0 Å². The van der Waals surface area contributed by atoms with Crippen LogP contribution in [0.4, 0.5) is 0 Å². The summed E-state index contributed by atoms with van der Waals surface area (Å²) in [5, 5.41) is 0.0103. The zero-order valence-corrected chi connectivity index (χ0v) is 13.6. The van der Waals surface area contributed by atoms with Crippen LogP contribution in [0.25, 0.3) is 0 Å². The van der Waals surface area contributed by atoms with Crippen LogP contribution in [0.3, 0.4) is 0 Å². The number of halogens is 1. The first-order valence-electron chi connectivity index (χ1n) is 7.10. The Labute approximate surface area is 126 Å². The molecule has 0 aliphatic carbocycles. The number of alkyl halides is 1. The SMILES string of the molecule is CC(C)C1CCCN(S(=O)(=O)c2ccc(CCl)o2)CC1. The lowest BCUT2D eigenvalue weighted by atomic mass is 9.89. The Balaban J connectivity index is 2.13. The van der Waals surface area contributed by atoms with Crippen molar-refractivity contribution in [1.82, 2.24) is 4.31 Å². The number of rotatable bonds is 4. The molecule has 0 spiro atoms. The molecule has 0 bridgehead atoms. The lowest BCUT2D eigenvalue weighted by Gasteiger charge is -2.20. The molecule has 0 aromatic carbocycles. The summed E-state index contributed by atoms with van der Waals surface area (Å²) in [7, 11) is -3.52. The van der Waals surface area contributed by atoms with E-state index in [1.807, 2.05) is 0 Å². The fraction of sp³-hybridized carbons (Fsp3) is 0.714. The fourth-order valence-electron chi connectivity index (χ4n) is 2.70. The summed E-state index contributed by atoms with van der Waals surface area (Å²) in [5.74, 6) is 1.87. The summed E-state index contributed by atoms with van der Waals surface area (Å²) in [4.78, 5) is 0. The Kier molecular flexibility index (Phi) is 5.15. The molecule has 20 heavy (non-hydrogen) atoms. The first-order valence-corrected chi connectivity index (χ1v) is 9.07. The van der Waals surface area contributed by atoms with Gasteiger partial charge in [0, 0.05) is 13.1 Å². The van der Waals surface area contributed by atoms with E-state index in [1.54, 1.807) is 10.4 Å². The van der Waals surface area contributed by atoms with Gasteiger partial charge in [-0.05, 0) is 43.2 Å². The van der Waals surface area contributed by atoms with Crippen LogP contribution in [0.5, 0.6) is 0 Å². The molecule has 0 saturated carbocycles. The molecule has 0 amide bonds. The first kappa shape index (κ1) is 15.9. The molecule has 1 fully saturated rings. The number of hydrogen-bond acceptors (Lipinski definition) is 3. The summed E-state index contributed by atoms with van der Waals surface area (Å²) in [6.07, 6.45) is 2.92. The van der Waals surface area contributed by atoms with Crippen molar-refractivity contribution >= 4 is 21.6 Å². The molecule has 1 aromatic rings. The predicted molar refractivity (Wildman–Crippen MR) is 79.2 cm³/mol. The summed E-state index contributed by atoms with van der Waals surface area (Å²) < 4.78 is 31.9. The summed E-state index contributed by atoms with van der Waals surface area (Å²) in [6.45, 7) is 5.55. The molecule has 1 aliphatic heterocycles. The molecule has 114 valence electrons. The fourth-order valence-corrected chi connectivity index (χ4v) is 4.26. The zero-order valence-electron chi connectivity index (χ0n) is 12.0. The van der Waals surface area contributed by atoms with Crippen molar-refractivity contribution in [3.63, 3.8) is 0 Å². The lowest BCUT2D eigenvalue weighted by molar-refractivity contribution is 0.337. The highest BCUT2D eigenvalue weighted by molar-refractivity contribution is 7.89. The van der Waals surface area contributed by atoms with Gasteiger partial charge in [0.2, 0.25) is 5.09 Å². The van der Waals surface area contributed by atoms with E-state index in [0.29, 0.717) is 30.7 Å². The second kappa shape index (κ2) is 6.50. The Morgan fingerprint density at radius 3 is 2.70 bits per heavy atom. The molecule has 6 heteroatoms. The molecule has 1 aromatic heterocycles. The van der Waals surface area contributed by atoms with E-state index >= 15 is 0 Å². The largest absolute Gasteiger partial charge is 0.447 e. The summed E-state index contributed by atoms with van der Waals surface area (Å²) in [6, 6.07) is 3.12. The highest BCUT2D eigenvalue weighted by Gasteiger charge is 2.30. The van der Waals surface area contributed by atoms with Crippen molar-refractivity contribution in [3.8, 4) is 0 Å². The predicted octanol–water partition coefficient (Wildman–Crippen LogP) is 3.47. The van der Waals surface area contributed by atoms with Crippen molar-refractivity contribution in [2.75, 3.05) is 13.1 Å². The monoisotopic (exact) mass is 319 g/mol. The van der Waals surface area contributed by atoms with Crippen LogP contribution in [0, 0.1) is 11.8 Å². The molecule has 1 atom stereocenters. The van der Waals surface area contributed by atoms with Crippen LogP contribution in [0.15, 0.2) is 21.6 Å². The third-order valence-corrected chi connectivity index (χ3v) is 6.07. The third kappa shape index (κ3) is 3.38. The van der Waals surface area contributed by atoms with Crippen LogP contribution in [0.1, 0.15) is 38.9 Å². The van der Waals surface area contributed by atoms with Crippen molar-refractivity contribution in [2.45, 2.75) is 44.1 Å². The van der Waals surface area contributed by atoms with Gasteiger partial charge in [-0.1, -0.05) is 13.8 Å². The van der Waals surface area contributed by atoms with Gasteiger partial charge in [-0.2, -0.15) is 4.31 Å². The second-order valence-corrected chi connectivity index (χ2v) is 7.83. The maximum absolute atomic E-state index is 12.5. The minimum atomic E-state index is -3.52. The van der Waals surface area contributed by atoms with Gasteiger partial charge in [0.05, 0.1) is 5.88 Å². The third-order valence-electron chi connectivity index (χ3n) is 4.04. The molecule has 1 unspecified atom stereocenters. The molecular weight excluding hydrogens is 298 g/mol. The zero-order chi connectivity index (χ0) is 14.8. The Morgan fingerprint density at radius 1 is 1.35 bits per heavy atom. The first-order chi connectivity index (χ1) is 9.45. The van der Waals surface area contributed by atoms with Gasteiger partial charge in [-0.25, -0.2) is 8.42 Å². The van der Waals surface area contributed by atoms with E-state index in [-0.39, 0.29) is 11.0 Å². The minimum Gasteiger partial charge on any atom is -0.447 e. The quantitative estimate of drug-likeness (QED) is 0.798. The van der Waals surface area contributed by atoms with Gasteiger partial charge < -0.3 is 4.42 Å². The Hall–Kier alpha value is -0.520. The van der Waals surface area contributed by atoms with Crippen LogP contribution in [0.2, 0.25) is 0 Å². The van der Waals surface area contributed by atoms with Crippen LogP contribution < -0.4 is 0 Å². The number of hydrogen-bond donors (Lipinski definition) is 0. The van der Waals surface area contributed by atoms with E-state index in [9.17, 15) is 8.42 Å². The summed E-state index contributed by atoms with van der Waals surface area (Å²) in [5.41, 5.74) is 0. The lowest BCUT2D eigenvalue weighted by Crippen LogP contribution is -2.32. The second-order valence-electron chi connectivity index (χ2n) is 5.69. The van der Waals surface area contributed by atoms with Crippen molar-refractivity contribution in [3.05, 3.63) is 17.9 Å². The maximum atomic E-state index is 12.5. The van der Waals surface area contributed by atoms with Gasteiger partial charge in [-0.15, -0.1) is 11.6 Å². The van der Waals surface area contributed by atoms with Crippen LogP contribution in [-0.4, -0.2) is 25.8 Å². The van der Waals surface area contributed by atoms with Gasteiger partial charge in [0.1, 0.15) is 5.76 Å². The average Bonchev–Trinajstić information content (AvgIpc) is 2.75. The van der Waals surface area contributed by atoms with Gasteiger partial charge in [0.25, 0.3) is 10.0 Å². The summed E-state index contributed by atoms with van der Waals surface area (Å²) >= 11 is 5.65. The highest BCUT2D eigenvalue weighted by Crippen LogP contribution is 2.28. The van der Waals surface area contributed by atoms with Gasteiger partial charge in [-0.3, -0.25) is 0 Å². The molecule has 0 N–H and O–H groups in total. The number of furan rings is 1. The molecule has 4 nitrogen and oxygen atoms in total. The van der Waals surface area contributed by atoms with Crippen molar-refractivity contribution in [1.29, 1.82) is 0 Å². The normalized spacial score (nSPS) is 22.1. The Morgan fingerprint density at radius 2 is 2.10 bits per heavy atom. The van der Waals surface area contributed by atoms with Crippen molar-refractivity contribution < 1.29 is 12.8 Å². The topological polar surface area (TPSA) is 50.5 Å². The van der Waals surface area contributed by atoms with E-state index < -0.39 is 10.0 Å². The van der Waals surface area contributed by atoms with Gasteiger partial charge >= 0.3 is 0 Å².